The van der Waals surface area contributed by atoms with E-state index in [-0.39, 0.29) is 12.2 Å². The van der Waals surface area contributed by atoms with Crippen molar-refractivity contribution in [2.45, 2.75) is 13.0 Å². The van der Waals surface area contributed by atoms with Crippen LogP contribution >= 0.6 is 11.3 Å². The van der Waals surface area contributed by atoms with Crippen molar-refractivity contribution in [1.82, 2.24) is 24.4 Å². The molecule has 0 saturated carbocycles. The summed E-state index contributed by atoms with van der Waals surface area (Å²) in [6.07, 6.45) is 3.28. The van der Waals surface area contributed by atoms with Crippen LogP contribution in [0.15, 0.2) is 83.8 Å². The molecule has 3 aromatic carbocycles. The van der Waals surface area contributed by atoms with E-state index in [1.54, 1.807) is 7.11 Å². The maximum Gasteiger partial charge on any atom is 0.291 e. The van der Waals surface area contributed by atoms with Crippen molar-refractivity contribution in [2.75, 3.05) is 13.7 Å². The second kappa shape index (κ2) is 9.65. The van der Waals surface area contributed by atoms with Crippen molar-refractivity contribution in [3.8, 4) is 34.2 Å². The van der Waals surface area contributed by atoms with E-state index < -0.39 is 6.10 Å². The van der Waals surface area contributed by atoms with Gasteiger partial charge in [-0.2, -0.15) is 14.6 Å². The standard InChI is InChI=1S/C30H23N5O4S/c1-18-14-19(12-13-22(18)37-2)27-20(16-34(32-27)21-8-4-3-5-9-21)15-26-29(36)35-30(40-26)31-28(33-35)25-17-38-23-10-6-7-11-24(23)39-25/h3-16,25H,17H2,1-2H3. The normalized spacial score (nSPS) is 15.1. The molecule has 0 bridgehead atoms. The largest absolute Gasteiger partial charge is 0.496 e. The number of benzene rings is 3. The van der Waals surface area contributed by atoms with Gasteiger partial charge in [0.05, 0.1) is 17.3 Å². The van der Waals surface area contributed by atoms with Crippen molar-refractivity contribution >= 4 is 22.4 Å². The van der Waals surface area contributed by atoms with E-state index in [2.05, 4.69) is 10.1 Å². The molecular weight excluding hydrogens is 526 g/mol. The molecule has 0 saturated heterocycles. The lowest BCUT2D eigenvalue weighted by Gasteiger charge is -2.24. The Bertz CT molecular complexity index is 1980. The van der Waals surface area contributed by atoms with Gasteiger partial charge in [-0.1, -0.05) is 41.7 Å². The van der Waals surface area contributed by atoms with Gasteiger partial charge in [0.25, 0.3) is 5.56 Å². The number of aromatic nitrogens is 5. The van der Waals surface area contributed by atoms with Crippen molar-refractivity contribution in [3.05, 3.63) is 111 Å². The Labute approximate surface area is 232 Å². The first-order chi connectivity index (χ1) is 19.6. The molecule has 7 rings (SSSR count). The molecule has 9 nitrogen and oxygen atoms in total. The van der Waals surface area contributed by atoms with Crippen LogP contribution in [0.3, 0.4) is 0 Å². The number of hydrogen-bond donors (Lipinski definition) is 0. The van der Waals surface area contributed by atoms with Gasteiger partial charge >= 0.3 is 0 Å². The van der Waals surface area contributed by atoms with Gasteiger partial charge in [0.1, 0.15) is 18.1 Å². The number of aryl methyl sites for hydroxylation is 1. The first-order valence-electron chi connectivity index (χ1n) is 12.7. The van der Waals surface area contributed by atoms with Gasteiger partial charge in [-0.05, 0) is 61.0 Å². The van der Waals surface area contributed by atoms with Crippen LogP contribution in [0.25, 0.3) is 28.0 Å². The number of para-hydroxylation sites is 3. The molecule has 1 aliphatic heterocycles. The molecule has 6 aromatic rings. The van der Waals surface area contributed by atoms with E-state index in [1.165, 1.54) is 15.9 Å². The van der Waals surface area contributed by atoms with E-state index in [1.807, 2.05) is 96.7 Å². The lowest BCUT2D eigenvalue weighted by molar-refractivity contribution is 0.0852. The van der Waals surface area contributed by atoms with Crippen LogP contribution in [0.1, 0.15) is 23.1 Å². The third kappa shape index (κ3) is 4.18. The molecular formula is C30H23N5O4S. The zero-order valence-corrected chi connectivity index (χ0v) is 22.5. The summed E-state index contributed by atoms with van der Waals surface area (Å²) in [4.78, 5) is 18.5. The molecule has 0 aliphatic carbocycles. The molecule has 1 unspecified atom stereocenters. The molecule has 1 atom stereocenters. The Morgan fingerprint density at radius 2 is 1.82 bits per heavy atom. The first-order valence-corrected chi connectivity index (χ1v) is 13.5. The minimum atomic E-state index is -0.497. The topological polar surface area (TPSA) is 92.8 Å². The van der Waals surface area contributed by atoms with Gasteiger partial charge in [-0.3, -0.25) is 4.79 Å². The number of hydrogen-bond acceptors (Lipinski definition) is 8. The quantitative estimate of drug-likeness (QED) is 0.315. The number of nitrogens with zero attached hydrogens (tertiary/aromatic N) is 5. The minimum Gasteiger partial charge on any atom is -0.496 e. The van der Waals surface area contributed by atoms with Crippen molar-refractivity contribution in [2.24, 2.45) is 0 Å². The predicted molar refractivity (Wildman–Crippen MR) is 152 cm³/mol. The minimum absolute atomic E-state index is 0.250. The first kappa shape index (κ1) is 24.1. The second-order valence-corrected chi connectivity index (χ2v) is 10.4. The maximum atomic E-state index is 13.4. The molecule has 1 aliphatic rings. The summed E-state index contributed by atoms with van der Waals surface area (Å²) in [5, 5.41) is 9.37. The van der Waals surface area contributed by atoms with Crippen molar-refractivity contribution in [3.63, 3.8) is 0 Å². The van der Waals surface area contributed by atoms with Crippen molar-refractivity contribution in [1.29, 1.82) is 0 Å². The summed E-state index contributed by atoms with van der Waals surface area (Å²) in [6.45, 7) is 2.26. The highest BCUT2D eigenvalue weighted by atomic mass is 32.1. The number of thiazole rings is 1. The molecule has 10 heteroatoms. The Morgan fingerprint density at radius 3 is 2.60 bits per heavy atom. The van der Waals surface area contributed by atoms with Crippen LogP contribution in [0.2, 0.25) is 0 Å². The zero-order chi connectivity index (χ0) is 27.2. The Balaban J connectivity index is 1.29. The zero-order valence-electron chi connectivity index (χ0n) is 21.6. The lowest BCUT2D eigenvalue weighted by Crippen LogP contribution is -2.26. The van der Waals surface area contributed by atoms with Gasteiger partial charge in [0, 0.05) is 17.3 Å². The number of rotatable bonds is 5. The highest BCUT2D eigenvalue weighted by Crippen LogP contribution is 2.35. The Morgan fingerprint density at radius 1 is 1.02 bits per heavy atom. The molecule has 0 spiro atoms. The van der Waals surface area contributed by atoms with E-state index >= 15 is 0 Å². The van der Waals surface area contributed by atoms with Crippen LogP contribution in [0.4, 0.5) is 0 Å². The molecule has 0 amide bonds. The Hall–Kier alpha value is -4.96. The van der Waals surface area contributed by atoms with Crippen LogP contribution < -0.4 is 24.3 Å². The van der Waals surface area contributed by atoms with E-state index in [0.717, 1.165) is 33.8 Å². The van der Waals surface area contributed by atoms with Crippen LogP contribution in [0, 0.1) is 6.92 Å². The SMILES string of the molecule is COc1ccc(-c2nn(-c3ccccc3)cc2C=c2sc3nc(C4COc5ccccc5O4)nn3c2=O)cc1C. The molecule has 0 fully saturated rings. The molecule has 4 heterocycles. The molecule has 40 heavy (non-hydrogen) atoms. The van der Waals surface area contributed by atoms with E-state index in [0.29, 0.717) is 26.8 Å². The summed E-state index contributed by atoms with van der Waals surface area (Å²) in [7, 11) is 1.65. The number of fused-ring (bicyclic) bond motifs is 2. The maximum absolute atomic E-state index is 13.4. The highest BCUT2D eigenvalue weighted by Gasteiger charge is 2.27. The van der Waals surface area contributed by atoms with E-state index in [4.69, 9.17) is 19.3 Å². The fourth-order valence-corrected chi connectivity index (χ4v) is 5.63. The van der Waals surface area contributed by atoms with Crippen LogP contribution in [0.5, 0.6) is 17.2 Å². The van der Waals surface area contributed by atoms with Gasteiger partial charge in [-0.15, -0.1) is 5.10 Å². The van der Waals surface area contributed by atoms with Gasteiger partial charge in [0.15, 0.2) is 23.4 Å². The fourth-order valence-electron chi connectivity index (χ4n) is 4.73. The van der Waals surface area contributed by atoms with E-state index in [9.17, 15) is 4.79 Å². The summed E-state index contributed by atoms with van der Waals surface area (Å²) < 4.78 is 20.9. The third-order valence-corrected chi connectivity index (χ3v) is 7.67. The van der Waals surface area contributed by atoms with Gasteiger partial charge in [-0.25, -0.2) is 4.68 Å². The summed E-state index contributed by atoms with van der Waals surface area (Å²) in [6, 6.07) is 23.2. The fraction of sp³-hybridized carbons (Fsp3) is 0.133. The summed E-state index contributed by atoms with van der Waals surface area (Å²) in [5.41, 5.74) is 4.13. The lowest BCUT2D eigenvalue weighted by atomic mass is 10.0. The van der Waals surface area contributed by atoms with Crippen molar-refractivity contribution < 1.29 is 14.2 Å². The van der Waals surface area contributed by atoms with Gasteiger partial charge in [0.2, 0.25) is 4.96 Å². The Kier molecular flexibility index (Phi) is 5.82. The van der Waals surface area contributed by atoms with Crippen LogP contribution in [-0.2, 0) is 0 Å². The molecule has 0 radical (unpaired) electrons. The van der Waals surface area contributed by atoms with Gasteiger partial charge < -0.3 is 14.2 Å². The summed E-state index contributed by atoms with van der Waals surface area (Å²) in [5.74, 6) is 2.52. The molecule has 3 aromatic heterocycles. The number of ether oxygens (including phenoxy) is 3. The average molecular weight is 550 g/mol. The molecule has 0 N–H and O–H groups in total. The van der Waals surface area contributed by atoms with Crippen LogP contribution in [-0.4, -0.2) is 38.1 Å². The highest BCUT2D eigenvalue weighted by molar-refractivity contribution is 7.15. The summed E-state index contributed by atoms with van der Waals surface area (Å²) >= 11 is 1.28. The smallest absolute Gasteiger partial charge is 0.291 e. The number of methoxy groups -OCH3 is 1. The monoisotopic (exact) mass is 549 g/mol. The second-order valence-electron chi connectivity index (χ2n) is 9.34. The third-order valence-electron chi connectivity index (χ3n) is 6.71. The predicted octanol–water partition coefficient (Wildman–Crippen LogP) is 4.38. The average Bonchev–Trinajstić information content (AvgIpc) is 3.68. The molecule has 198 valence electrons.